The average Bonchev–Trinajstić information content (AvgIpc) is 2.65. The number of carboxylic acid groups (broad SMARTS) is 1. The van der Waals surface area contributed by atoms with Crippen molar-refractivity contribution in [1.82, 2.24) is 14.8 Å². The van der Waals surface area contributed by atoms with Crippen molar-refractivity contribution in [2.75, 3.05) is 0 Å². The molecule has 0 aromatic carbocycles. The highest BCUT2D eigenvalue weighted by molar-refractivity contribution is 5.93. The summed E-state index contributed by atoms with van der Waals surface area (Å²) in [4.78, 5) is 13.7. The standard InChI is InChI=1S/C11H15N3O2/c1-11(2,3)8-6-5-7(10(15)16)12-9(6)14(4)13-8/h5,12H,1-4H3,(H,15,16). The number of hydrogen-bond acceptors (Lipinski definition) is 2. The average molecular weight is 221 g/mol. The monoisotopic (exact) mass is 221 g/mol. The molecule has 0 aliphatic carbocycles. The van der Waals surface area contributed by atoms with Crippen LogP contribution >= 0.6 is 0 Å². The van der Waals surface area contributed by atoms with E-state index in [2.05, 4.69) is 30.9 Å². The van der Waals surface area contributed by atoms with Crippen LogP contribution in [0.2, 0.25) is 0 Å². The maximum absolute atomic E-state index is 10.9. The molecule has 5 heteroatoms. The van der Waals surface area contributed by atoms with Crippen LogP contribution in [0.3, 0.4) is 0 Å². The highest BCUT2D eigenvalue weighted by Gasteiger charge is 2.24. The fraction of sp³-hybridized carbons (Fsp3) is 0.455. The maximum Gasteiger partial charge on any atom is 0.352 e. The normalized spacial score (nSPS) is 12.2. The van der Waals surface area contributed by atoms with Gasteiger partial charge in [-0.3, -0.25) is 4.68 Å². The molecule has 5 nitrogen and oxygen atoms in total. The van der Waals surface area contributed by atoms with Gasteiger partial charge in [-0.15, -0.1) is 0 Å². The van der Waals surface area contributed by atoms with Gasteiger partial charge in [0.1, 0.15) is 11.3 Å². The number of aromatic carboxylic acids is 1. The molecule has 86 valence electrons. The second-order valence-electron chi connectivity index (χ2n) is 4.97. The Kier molecular flexibility index (Phi) is 2.08. The molecule has 2 aromatic heterocycles. The lowest BCUT2D eigenvalue weighted by Gasteiger charge is -2.14. The van der Waals surface area contributed by atoms with Crippen molar-refractivity contribution in [3.63, 3.8) is 0 Å². The third-order valence-corrected chi connectivity index (χ3v) is 2.57. The minimum Gasteiger partial charge on any atom is -0.477 e. The van der Waals surface area contributed by atoms with E-state index in [1.807, 2.05) is 0 Å². The van der Waals surface area contributed by atoms with Crippen molar-refractivity contribution in [3.8, 4) is 0 Å². The van der Waals surface area contributed by atoms with Gasteiger partial charge in [0.05, 0.1) is 5.69 Å². The smallest absolute Gasteiger partial charge is 0.352 e. The molecule has 0 saturated heterocycles. The molecule has 0 radical (unpaired) electrons. The van der Waals surface area contributed by atoms with Crippen molar-refractivity contribution >= 4 is 17.0 Å². The summed E-state index contributed by atoms with van der Waals surface area (Å²) in [5.41, 5.74) is 1.77. The van der Waals surface area contributed by atoms with Crippen LogP contribution in [0.4, 0.5) is 0 Å². The van der Waals surface area contributed by atoms with Crippen molar-refractivity contribution in [1.29, 1.82) is 0 Å². The van der Waals surface area contributed by atoms with Gasteiger partial charge in [0.15, 0.2) is 0 Å². The predicted octanol–water partition coefficient (Wildman–Crippen LogP) is 1.90. The van der Waals surface area contributed by atoms with Gasteiger partial charge in [0.2, 0.25) is 0 Å². The van der Waals surface area contributed by atoms with Crippen LogP contribution in [0.15, 0.2) is 6.07 Å². The van der Waals surface area contributed by atoms with Crippen LogP contribution in [0.25, 0.3) is 11.0 Å². The van der Waals surface area contributed by atoms with Gasteiger partial charge in [0.25, 0.3) is 0 Å². The van der Waals surface area contributed by atoms with E-state index >= 15 is 0 Å². The lowest BCUT2D eigenvalue weighted by molar-refractivity contribution is 0.0691. The Balaban J connectivity index is 2.73. The zero-order chi connectivity index (χ0) is 12.1. The van der Waals surface area contributed by atoms with Crippen molar-refractivity contribution in [2.24, 2.45) is 7.05 Å². The molecule has 0 fully saturated rings. The molecule has 0 aliphatic heterocycles. The Hall–Kier alpha value is -1.78. The zero-order valence-corrected chi connectivity index (χ0v) is 9.83. The van der Waals surface area contributed by atoms with E-state index in [0.717, 1.165) is 16.7 Å². The van der Waals surface area contributed by atoms with Crippen LogP contribution in [0.5, 0.6) is 0 Å². The lowest BCUT2D eigenvalue weighted by Crippen LogP contribution is -2.13. The van der Waals surface area contributed by atoms with Crippen LogP contribution in [0, 0.1) is 0 Å². The van der Waals surface area contributed by atoms with Gasteiger partial charge in [-0.2, -0.15) is 5.10 Å². The second-order valence-corrected chi connectivity index (χ2v) is 4.97. The summed E-state index contributed by atoms with van der Waals surface area (Å²) < 4.78 is 1.68. The molecule has 0 atom stereocenters. The first-order chi connectivity index (χ1) is 7.30. The molecule has 0 unspecified atom stereocenters. The predicted molar refractivity (Wildman–Crippen MR) is 60.7 cm³/mol. The largest absolute Gasteiger partial charge is 0.477 e. The maximum atomic E-state index is 10.9. The van der Waals surface area contributed by atoms with E-state index in [1.54, 1.807) is 17.8 Å². The number of H-pyrrole nitrogens is 1. The fourth-order valence-electron chi connectivity index (χ4n) is 1.80. The highest BCUT2D eigenvalue weighted by Crippen LogP contribution is 2.29. The quantitative estimate of drug-likeness (QED) is 0.772. The third kappa shape index (κ3) is 1.48. The van der Waals surface area contributed by atoms with Crippen LogP contribution < -0.4 is 0 Å². The number of aromatic amines is 1. The first-order valence-electron chi connectivity index (χ1n) is 5.10. The number of rotatable bonds is 1. The van der Waals surface area contributed by atoms with Gasteiger partial charge < -0.3 is 10.1 Å². The Morgan fingerprint density at radius 3 is 2.62 bits per heavy atom. The van der Waals surface area contributed by atoms with Crippen LogP contribution in [-0.4, -0.2) is 25.8 Å². The summed E-state index contributed by atoms with van der Waals surface area (Å²) in [6, 6.07) is 1.64. The van der Waals surface area contributed by atoms with Crippen molar-refractivity contribution in [2.45, 2.75) is 26.2 Å². The minimum atomic E-state index is -0.948. The van der Waals surface area contributed by atoms with E-state index in [0.29, 0.717) is 0 Å². The number of nitrogens with one attached hydrogen (secondary N) is 1. The first-order valence-corrected chi connectivity index (χ1v) is 5.10. The summed E-state index contributed by atoms with van der Waals surface area (Å²) in [5, 5.41) is 14.2. The topological polar surface area (TPSA) is 70.9 Å². The van der Waals surface area contributed by atoms with Gasteiger partial charge in [-0.25, -0.2) is 4.79 Å². The molecule has 2 heterocycles. The van der Waals surface area contributed by atoms with Crippen molar-refractivity contribution < 1.29 is 9.90 Å². The fourth-order valence-corrected chi connectivity index (χ4v) is 1.80. The summed E-state index contributed by atoms with van der Waals surface area (Å²) in [6.07, 6.45) is 0. The number of nitrogens with zero attached hydrogens (tertiary/aromatic N) is 2. The summed E-state index contributed by atoms with van der Waals surface area (Å²) in [7, 11) is 1.81. The van der Waals surface area contributed by atoms with Crippen LogP contribution in [-0.2, 0) is 12.5 Å². The number of fused-ring (bicyclic) bond motifs is 1. The molecule has 0 amide bonds. The summed E-state index contributed by atoms with van der Waals surface area (Å²) in [6.45, 7) is 6.17. The Morgan fingerprint density at radius 1 is 1.50 bits per heavy atom. The SMILES string of the molecule is Cn1nc(C(C)(C)C)c2cc(C(=O)O)[nH]c21. The number of aromatic nitrogens is 3. The van der Waals surface area contributed by atoms with Crippen LogP contribution in [0.1, 0.15) is 37.0 Å². The molecule has 2 N–H and O–H groups in total. The first kappa shape index (κ1) is 10.7. The van der Waals surface area contributed by atoms with E-state index < -0.39 is 5.97 Å². The lowest BCUT2D eigenvalue weighted by atomic mass is 9.91. The van der Waals surface area contributed by atoms with Crippen molar-refractivity contribution in [3.05, 3.63) is 17.5 Å². The Labute approximate surface area is 93.1 Å². The summed E-state index contributed by atoms with van der Waals surface area (Å²) in [5.74, 6) is -0.948. The number of aryl methyl sites for hydroxylation is 1. The van der Waals surface area contributed by atoms with E-state index in [-0.39, 0.29) is 11.1 Å². The molecular weight excluding hydrogens is 206 g/mol. The number of hydrogen-bond donors (Lipinski definition) is 2. The molecule has 0 spiro atoms. The number of carbonyl (C=O) groups is 1. The van der Waals surface area contributed by atoms with E-state index in [4.69, 9.17) is 5.11 Å². The number of carboxylic acids is 1. The van der Waals surface area contributed by atoms with E-state index in [9.17, 15) is 4.79 Å². The molecule has 2 aromatic rings. The molecule has 0 saturated carbocycles. The molecule has 0 bridgehead atoms. The molecular formula is C11H15N3O2. The van der Waals surface area contributed by atoms with Gasteiger partial charge in [-0.05, 0) is 6.07 Å². The van der Waals surface area contributed by atoms with Gasteiger partial charge in [-0.1, -0.05) is 20.8 Å². The van der Waals surface area contributed by atoms with Gasteiger partial charge >= 0.3 is 5.97 Å². The highest BCUT2D eigenvalue weighted by atomic mass is 16.4. The molecule has 0 aliphatic rings. The molecule has 2 rings (SSSR count). The zero-order valence-electron chi connectivity index (χ0n) is 9.83. The summed E-state index contributed by atoms with van der Waals surface area (Å²) >= 11 is 0. The van der Waals surface area contributed by atoms with E-state index in [1.165, 1.54) is 0 Å². The minimum absolute atomic E-state index is 0.0997. The third-order valence-electron chi connectivity index (χ3n) is 2.57. The van der Waals surface area contributed by atoms with Gasteiger partial charge in [0, 0.05) is 17.8 Å². The molecule has 16 heavy (non-hydrogen) atoms. The Morgan fingerprint density at radius 2 is 2.12 bits per heavy atom. The Bertz CT molecular complexity index is 558. The second kappa shape index (κ2) is 3.10.